The van der Waals surface area contributed by atoms with Crippen LogP contribution in [0.4, 0.5) is 4.79 Å². The molecule has 1 atom stereocenters. The second kappa shape index (κ2) is 12.7. The summed E-state index contributed by atoms with van der Waals surface area (Å²) >= 11 is 0. The predicted molar refractivity (Wildman–Crippen MR) is 140 cm³/mol. The molecule has 1 amide bonds. The smallest absolute Gasteiger partial charge is 0.409 e. The molecule has 0 radical (unpaired) electrons. The van der Waals surface area contributed by atoms with E-state index in [4.69, 9.17) is 0 Å². The molecule has 0 aliphatic rings. The van der Waals surface area contributed by atoms with Crippen molar-refractivity contribution in [3.8, 4) is 0 Å². The van der Waals surface area contributed by atoms with Crippen molar-refractivity contribution in [1.29, 1.82) is 0 Å². The number of hydrogen-bond donors (Lipinski definition) is 2. The van der Waals surface area contributed by atoms with Gasteiger partial charge in [0.1, 0.15) is 5.72 Å². The lowest BCUT2D eigenvalue weighted by Gasteiger charge is -2.39. The predicted octanol–water partition coefficient (Wildman–Crippen LogP) is 4.98. The Morgan fingerprint density at radius 2 is 1.36 bits per heavy atom. The van der Waals surface area contributed by atoms with Crippen molar-refractivity contribution in [2.45, 2.75) is 49.8 Å². The summed E-state index contributed by atoms with van der Waals surface area (Å²) in [4.78, 5) is 13.6. The highest BCUT2D eigenvalue weighted by atomic mass is 32.2. The van der Waals surface area contributed by atoms with Gasteiger partial charge in [-0.25, -0.2) is 13.2 Å². The largest absolute Gasteiger partial charge is 0.465 e. The second-order valence-corrected chi connectivity index (χ2v) is 10.8. The molecule has 0 aliphatic heterocycles. The molecule has 3 aromatic rings. The summed E-state index contributed by atoms with van der Waals surface area (Å²) in [5.74, 6) is 0. The van der Waals surface area contributed by atoms with Crippen LogP contribution in [0.15, 0.2) is 95.9 Å². The van der Waals surface area contributed by atoms with Crippen LogP contribution in [0.25, 0.3) is 0 Å². The van der Waals surface area contributed by atoms with Crippen molar-refractivity contribution in [3.63, 3.8) is 0 Å². The van der Waals surface area contributed by atoms with E-state index in [1.165, 1.54) is 4.31 Å². The summed E-state index contributed by atoms with van der Waals surface area (Å²) in [5, 5.41) is 22.0. The Morgan fingerprint density at radius 3 is 1.89 bits per heavy atom. The first kappa shape index (κ1) is 27.4. The van der Waals surface area contributed by atoms with Gasteiger partial charge in [-0.1, -0.05) is 92.2 Å². The molecule has 2 N–H and O–H groups in total. The van der Waals surface area contributed by atoms with Crippen LogP contribution in [0, 0.1) is 0 Å². The van der Waals surface area contributed by atoms with E-state index >= 15 is 0 Å². The molecule has 0 bridgehead atoms. The number of carboxylic acid groups (broad SMARTS) is 1. The van der Waals surface area contributed by atoms with Gasteiger partial charge in [0, 0.05) is 25.9 Å². The van der Waals surface area contributed by atoms with E-state index in [-0.39, 0.29) is 37.4 Å². The molecule has 36 heavy (non-hydrogen) atoms. The molecule has 7 nitrogen and oxygen atoms in total. The molecule has 3 aromatic carbocycles. The number of aliphatic hydroxyl groups is 1. The highest BCUT2D eigenvalue weighted by Gasteiger charge is 2.39. The molecule has 0 saturated carbocycles. The third-order valence-electron chi connectivity index (χ3n) is 6.15. The van der Waals surface area contributed by atoms with Gasteiger partial charge in [0.25, 0.3) is 0 Å². The molecule has 0 spiro atoms. The molecule has 192 valence electrons. The number of benzene rings is 3. The van der Waals surface area contributed by atoms with Crippen LogP contribution in [0.2, 0.25) is 0 Å². The summed E-state index contributed by atoms with van der Waals surface area (Å²) in [6.45, 7) is 2.20. The zero-order valence-corrected chi connectivity index (χ0v) is 21.3. The molecule has 3 rings (SSSR count). The van der Waals surface area contributed by atoms with Gasteiger partial charge >= 0.3 is 6.09 Å². The number of unbranched alkanes of at least 4 members (excludes halogenated alkanes) is 1. The van der Waals surface area contributed by atoms with Crippen LogP contribution in [0.1, 0.15) is 37.3 Å². The zero-order chi connectivity index (χ0) is 26.0. The molecular weight excluding hydrogens is 476 g/mol. The first-order valence-electron chi connectivity index (χ1n) is 12.1. The van der Waals surface area contributed by atoms with Gasteiger partial charge in [-0.15, -0.1) is 0 Å². The van der Waals surface area contributed by atoms with Crippen molar-refractivity contribution in [2.24, 2.45) is 0 Å². The number of nitrogens with zero attached hydrogens (tertiary/aromatic N) is 2. The summed E-state index contributed by atoms with van der Waals surface area (Å²) in [6, 6.07) is 26.4. The zero-order valence-electron chi connectivity index (χ0n) is 20.5. The average molecular weight is 511 g/mol. The van der Waals surface area contributed by atoms with E-state index < -0.39 is 21.8 Å². The van der Waals surface area contributed by atoms with Crippen LogP contribution in [-0.4, -0.2) is 52.7 Å². The second-order valence-electron chi connectivity index (χ2n) is 8.82. The Morgan fingerprint density at radius 1 is 0.833 bits per heavy atom. The SMILES string of the molecule is CCCCN(CCC(O)(Cc1ccccc1)N(Cc1ccccc1)C(=O)O)S(=O)(=O)c1ccccc1. The Labute approximate surface area is 213 Å². The Hall–Kier alpha value is -3.20. The van der Waals surface area contributed by atoms with Gasteiger partial charge < -0.3 is 10.2 Å². The molecule has 1 unspecified atom stereocenters. The van der Waals surface area contributed by atoms with Gasteiger partial charge in [-0.05, 0) is 29.7 Å². The van der Waals surface area contributed by atoms with E-state index in [1.54, 1.807) is 42.5 Å². The van der Waals surface area contributed by atoms with Crippen LogP contribution in [0.5, 0.6) is 0 Å². The first-order valence-corrected chi connectivity index (χ1v) is 13.6. The lowest BCUT2D eigenvalue weighted by molar-refractivity contribution is -0.103. The highest BCUT2D eigenvalue weighted by molar-refractivity contribution is 7.89. The van der Waals surface area contributed by atoms with Crippen molar-refractivity contribution in [2.75, 3.05) is 13.1 Å². The maximum absolute atomic E-state index is 13.4. The molecule has 0 aromatic heterocycles. The standard InChI is InChI=1S/C28H34N2O5S/c1-2-3-20-29(36(34,35)26-17-11-6-12-18-26)21-19-28(33,22-24-13-7-4-8-14-24)30(27(31)32)23-25-15-9-5-10-16-25/h4-18,33H,2-3,19-23H2,1H3,(H,31,32). The van der Waals surface area contributed by atoms with Gasteiger partial charge in [0.2, 0.25) is 10.0 Å². The minimum absolute atomic E-state index is 0.0278. The molecule has 0 heterocycles. The Kier molecular flexibility index (Phi) is 9.64. The van der Waals surface area contributed by atoms with Crippen molar-refractivity contribution < 1.29 is 23.4 Å². The molecule has 8 heteroatoms. The van der Waals surface area contributed by atoms with Crippen molar-refractivity contribution in [3.05, 3.63) is 102 Å². The minimum atomic E-state index is -3.82. The lowest BCUT2D eigenvalue weighted by Crippen LogP contribution is -2.54. The fourth-order valence-electron chi connectivity index (χ4n) is 4.13. The van der Waals surface area contributed by atoms with Crippen molar-refractivity contribution >= 4 is 16.1 Å². The van der Waals surface area contributed by atoms with Crippen molar-refractivity contribution in [1.82, 2.24) is 9.21 Å². The third-order valence-corrected chi connectivity index (χ3v) is 8.06. The minimum Gasteiger partial charge on any atom is -0.465 e. The summed E-state index contributed by atoms with van der Waals surface area (Å²) < 4.78 is 28.2. The number of rotatable bonds is 13. The van der Waals surface area contributed by atoms with E-state index in [9.17, 15) is 23.4 Å². The van der Waals surface area contributed by atoms with E-state index in [1.807, 2.05) is 55.5 Å². The Balaban J connectivity index is 1.94. The number of carbonyl (C=O) groups is 1. The molecule has 0 saturated heterocycles. The van der Waals surface area contributed by atoms with E-state index in [2.05, 4.69) is 0 Å². The summed E-state index contributed by atoms with van der Waals surface area (Å²) in [6.07, 6.45) is 0.111. The average Bonchev–Trinajstić information content (AvgIpc) is 2.88. The summed E-state index contributed by atoms with van der Waals surface area (Å²) in [7, 11) is -3.82. The fourth-order valence-corrected chi connectivity index (χ4v) is 5.63. The third kappa shape index (κ3) is 7.16. The monoisotopic (exact) mass is 510 g/mol. The number of sulfonamides is 1. The first-order chi connectivity index (χ1) is 17.3. The van der Waals surface area contributed by atoms with Crippen LogP contribution >= 0.6 is 0 Å². The van der Waals surface area contributed by atoms with Crippen LogP contribution < -0.4 is 0 Å². The lowest BCUT2D eigenvalue weighted by atomic mass is 9.97. The van der Waals surface area contributed by atoms with Gasteiger partial charge in [0.05, 0.1) is 11.4 Å². The topological polar surface area (TPSA) is 98.2 Å². The maximum atomic E-state index is 13.4. The van der Waals surface area contributed by atoms with E-state index in [0.29, 0.717) is 6.42 Å². The van der Waals surface area contributed by atoms with Gasteiger partial charge in [0.15, 0.2) is 0 Å². The Bertz CT molecular complexity index is 1190. The van der Waals surface area contributed by atoms with Crippen LogP contribution in [0.3, 0.4) is 0 Å². The molecular formula is C28H34N2O5S. The quantitative estimate of drug-likeness (QED) is 0.316. The van der Waals surface area contributed by atoms with Crippen LogP contribution in [-0.2, 0) is 23.0 Å². The van der Waals surface area contributed by atoms with Gasteiger partial charge in [-0.3, -0.25) is 4.90 Å². The fraction of sp³-hybridized carbons (Fsp3) is 0.321. The molecule has 0 aliphatic carbocycles. The van der Waals surface area contributed by atoms with E-state index in [0.717, 1.165) is 22.4 Å². The number of amides is 1. The summed E-state index contributed by atoms with van der Waals surface area (Å²) in [5.41, 5.74) is -0.351. The van der Waals surface area contributed by atoms with Gasteiger partial charge in [-0.2, -0.15) is 4.31 Å². The highest BCUT2D eigenvalue weighted by Crippen LogP contribution is 2.27. The molecule has 0 fully saturated rings. The normalized spacial score (nSPS) is 13.3. The number of hydrogen-bond acceptors (Lipinski definition) is 4. The maximum Gasteiger partial charge on any atom is 0.409 e.